The molecule has 0 radical (unpaired) electrons. The molecule has 0 saturated heterocycles. The van der Waals surface area contributed by atoms with Crippen LogP contribution in [0.15, 0.2) is 71.3 Å². The second-order valence-electron chi connectivity index (χ2n) is 5.36. The molecule has 7 heteroatoms. The van der Waals surface area contributed by atoms with Crippen LogP contribution in [0.4, 0.5) is 10.5 Å². The molecule has 0 bridgehead atoms. The molecule has 1 aromatic heterocycles. The Labute approximate surface area is 149 Å². The summed E-state index contributed by atoms with van der Waals surface area (Å²) in [6, 6.07) is 18.2. The summed E-state index contributed by atoms with van der Waals surface area (Å²) in [7, 11) is 0. The molecule has 4 N–H and O–H groups in total. The van der Waals surface area contributed by atoms with E-state index in [9.17, 15) is 9.59 Å². The van der Waals surface area contributed by atoms with Gasteiger partial charge in [0, 0.05) is 16.8 Å². The van der Waals surface area contributed by atoms with Crippen LogP contribution < -0.4 is 16.6 Å². The van der Waals surface area contributed by atoms with Gasteiger partial charge in [-0.15, -0.1) is 0 Å². The first-order valence-electron chi connectivity index (χ1n) is 7.84. The van der Waals surface area contributed by atoms with Gasteiger partial charge in [0.2, 0.25) is 0 Å². The SMILES string of the molecule is NNC(=O)c1occ(-c2ccccc2)c1COC(=O)Nc1ccccc1. The summed E-state index contributed by atoms with van der Waals surface area (Å²) in [5.41, 5.74) is 4.54. The first kappa shape index (κ1) is 17.2. The van der Waals surface area contributed by atoms with E-state index in [1.165, 1.54) is 6.26 Å². The van der Waals surface area contributed by atoms with Gasteiger partial charge in [-0.2, -0.15) is 0 Å². The highest BCUT2D eigenvalue weighted by atomic mass is 16.5. The minimum absolute atomic E-state index is 0.00105. The van der Waals surface area contributed by atoms with Crippen molar-refractivity contribution in [2.24, 2.45) is 5.84 Å². The highest BCUT2D eigenvalue weighted by Gasteiger charge is 2.21. The number of furan rings is 1. The Hall–Kier alpha value is -3.58. The molecule has 0 unspecified atom stereocenters. The van der Waals surface area contributed by atoms with Crippen molar-refractivity contribution in [1.29, 1.82) is 0 Å². The van der Waals surface area contributed by atoms with Crippen molar-refractivity contribution in [3.8, 4) is 11.1 Å². The van der Waals surface area contributed by atoms with Gasteiger partial charge in [-0.05, 0) is 17.7 Å². The van der Waals surface area contributed by atoms with Crippen LogP contribution in [0.1, 0.15) is 16.1 Å². The molecular weight excluding hydrogens is 334 g/mol. The zero-order chi connectivity index (χ0) is 18.4. The maximum atomic E-state index is 12.0. The van der Waals surface area contributed by atoms with E-state index in [0.29, 0.717) is 16.8 Å². The summed E-state index contributed by atoms with van der Waals surface area (Å²) in [5.74, 6) is 4.60. The molecule has 7 nitrogen and oxygen atoms in total. The topological polar surface area (TPSA) is 107 Å². The van der Waals surface area contributed by atoms with Crippen molar-refractivity contribution in [3.05, 3.63) is 78.3 Å². The van der Waals surface area contributed by atoms with E-state index in [2.05, 4.69) is 5.32 Å². The van der Waals surface area contributed by atoms with Gasteiger partial charge in [0.05, 0.1) is 6.26 Å². The summed E-state index contributed by atoms with van der Waals surface area (Å²) in [4.78, 5) is 23.9. The molecule has 0 aliphatic carbocycles. The summed E-state index contributed by atoms with van der Waals surface area (Å²) < 4.78 is 10.6. The molecule has 1 heterocycles. The van der Waals surface area contributed by atoms with E-state index in [-0.39, 0.29) is 12.4 Å². The highest BCUT2D eigenvalue weighted by molar-refractivity contribution is 5.94. The van der Waals surface area contributed by atoms with Gasteiger partial charge in [0.25, 0.3) is 0 Å². The number of ether oxygens (including phenoxy) is 1. The molecule has 0 aliphatic heterocycles. The fraction of sp³-hybridized carbons (Fsp3) is 0.0526. The fourth-order valence-electron chi connectivity index (χ4n) is 2.45. The standard InChI is InChI=1S/C19H17N3O4/c20-22-18(23)17-16(15(11-25-17)13-7-3-1-4-8-13)12-26-19(24)21-14-9-5-2-6-10-14/h1-11H,12,20H2,(H,21,24)(H,22,23). The fourth-order valence-corrected chi connectivity index (χ4v) is 2.45. The van der Waals surface area contributed by atoms with Crippen molar-refractivity contribution in [2.75, 3.05) is 5.32 Å². The van der Waals surface area contributed by atoms with Crippen LogP contribution in [0.5, 0.6) is 0 Å². The Morgan fingerprint density at radius 1 is 1.00 bits per heavy atom. The average molecular weight is 351 g/mol. The van der Waals surface area contributed by atoms with Crippen LogP contribution in [0, 0.1) is 0 Å². The zero-order valence-corrected chi connectivity index (χ0v) is 13.8. The van der Waals surface area contributed by atoms with Crippen LogP contribution in [0.2, 0.25) is 0 Å². The third kappa shape index (κ3) is 3.90. The van der Waals surface area contributed by atoms with Crippen LogP contribution >= 0.6 is 0 Å². The molecule has 0 fully saturated rings. The van der Waals surface area contributed by atoms with Gasteiger partial charge in [0.1, 0.15) is 6.61 Å². The summed E-state index contributed by atoms with van der Waals surface area (Å²) in [6.07, 6.45) is 0.795. The number of benzene rings is 2. The maximum Gasteiger partial charge on any atom is 0.411 e. The smallest absolute Gasteiger partial charge is 0.411 e. The number of hydrogen-bond acceptors (Lipinski definition) is 5. The second kappa shape index (κ2) is 8.00. The lowest BCUT2D eigenvalue weighted by Crippen LogP contribution is -2.30. The number of para-hydroxylation sites is 1. The number of hydrazine groups is 1. The highest BCUT2D eigenvalue weighted by Crippen LogP contribution is 2.29. The Bertz CT molecular complexity index is 892. The second-order valence-corrected chi connectivity index (χ2v) is 5.36. The van der Waals surface area contributed by atoms with Crippen LogP contribution in [-0.2, 0) is 11.3 Å². The number of anilines is 1. The lowest BCUT2D eigenvalue weighted by molar-refractivity contribution is 0.0919. The minimum atomic E-state index is -0.643. The third-order valence-electron chi connectivity index (χ3n) is 3.68. The largest absolute Gasteiger partial charge is 0.458 e. The quantitative estimate of drug-likeness (QED) is 0.371. The van der Waals surface area contributed by atoms with E-state index in [1.54, 1.807) is 24.3 Å². The Balaban J connectivity index is 1.80. The number of amides is 2. The summed E-state index contributed by atoms with van der Waals surface area (Å²) in [6.45, 7) is -0.151. The monoisotopic (exact) mass is 351 g/mol. The molecule has 132 valence electrons. The zero-order valence-electron chi connectivity index (χ0n) is 13.8. The molecule has 26 heavy (non-hydrogen) atoms. The van der Waals surface area contributed by atoms with Crippen LogP contribution in [0.3, 0.4) is 0 Å². The first-order valence-corrected chi connectivity index (χ1v) is 7.84. The van der Waals surface area contributed by atoms with Crippen molar-refractivity contribution in [3.63, 3.8) is 0 Å². The van der Waals surface area contributed by atoms with E-state index >= 15 is 0 Å². The molecule has 2 aromatic carbocycles. The Kier molecular flexibility index (Phi) is 5.31. The molecule has 0 spiro atoms. The number of nitrogens with one attached hydrogen (secondary N) is 2. The van der Waals surface area contributed by atoms with E-state index < -0.39 is 12.0 Å². The molecule has 0 atom stereocenters. The first-order chi connectivity index (χ1) is 12.7. The number of nitrogen functional groups attached to an aromatic ring is 1. The molecular formula is C19H17N3O4. The van der Waals surface area contributed by atoms with Gasteiger partial charge in [0.15, 0.2) is 5.76 Å². The van der Waals surface area contributed by atoms with Gasteiger partial charge >= 0.3 is 12.0 Å². The normalized spacial score (nSPS) is 10.2. The number of carbonyl (C=O) groups is 2. The molecule has 3 aromatic rings. The molecule has 0 aliphatic rings. The van der Waals surface area contributed by atoms with Crippen molar-refractivity contribution >= 4 is 17.7 Å². The van der Waals surface area contributed by atoms with E-state index in [4.69, 9.17) is 15.0 Å². The van der Waals surface area contributed by atoms with Crippen molar-refractivity contribution < 1.29 is 18.7 Å². The van der Waals surface area contributed by atoms with Crippen LogP contribution in [-0.4, -0.2) is 12.0 Å². The minimum Gasteiger partial charge on any atom is -0.458 e. The molecule has 3 rings (SSSR count). The number of rotatable bonds is 5. The summed E-state index contributed by atoms with van der Waals surface area (Å²) in [5, 5.41) is 2.61. The van der Waals surface area contributed by atoms with Crippen molar-refractivity contribution in [1.82, 2.24) is 5.43 Å². The number of hydrogen-bond donors (Lipinski definition) is 3. The lowest BCUT2D eigenvalue weighted by Gasteiger charge is -2.09. The molecule has 2 amide bonds. The predicted octanol–water partition coefficient (Wildman–Crippen LogP) is 3.30. The summed E-state index contributed by atoms with van der Waals surface area (Å²) >= 11 is 0. The predicted molar refractivity (Wildman–Crippen MR) is 96.0 cm³/mol. The van der Waals surface area contributed by atoms with Gasteiger partial charge in [-0.1, -0.05) is 48.5 Å². The van der Waals surface area contributed by atoms with Gasteiger partial charge in [-0.25, -0.2) is 10.6 Å². The Morgan fingerprint density at radius 2 is 1.65 bits per heavy atom. The number of carbonyl (C=O) groups excluding carboxylic acids is 2. The van der Waals surface area contributed by atoms with E-state index in [1.807, 2.05) is 41.8 Å². The maximum absolute atomic E-state index is 12.0. The lowest BCUT2D eigenvalue weighted by atomic mass is 10.0. The Morgan fingerprint density at radius 3 is 2.31 bits per heavy atom. The van der Waals surface area contributed by atoms with Gasteiger partial charge in [-0.3, -0.25) is 15.5 Å². The van der Waals surface area contributed by atoms with E-state index in [0.717, 1.165) is 5.56 Å². The van der Waals surface area contributed by atoms with Crippen LogP contribution in [0.25, 0.3) is 11.1 Å². The molecule has 0 saturated carbocycles. The van der Waals surface area contributed by atoms with Crippen molar-refractivity contribution in [2.45, 2.75) is 6.61 Å². The third-order valence-corrected chi connectivity index (χ3v) is 3.68. The van der Waals surface area contributed by atoms with Gasteiger partial charge < -0.3 is 9.15 Å². The average Bonchev–Trinajstić information content (AvgIpc) is 3.11. The number of nitrogens with two attached hydrogens (primary N) is 1.